The summed E-state index contributed by atoms with van der Waals surface area (Å²) in [6.45, 7) is 6.17. The van der Waals surface area contributed by atoms with Crippen LogP contribution < -0.4 is 5.32 Å². The number of aromatic nitrogens is 1. The summed E-state index contributed by atoms with van der Waals surface area (Å²) >= 11 is 1.10. The van der Waals surface area contributed by atoms with Crippen molar-refractivity contribution in [2.75, 3.05) is 18.5 Å². The van der Waals surface area contributed by atoms with E-state index in [0.29, 0.717) is 39.9 Å². The lowest BCUT2D eigenvalue weighted by molar-refractivity contribution is -0.122. The van der Waals surface area contributed by atoms with Crippen molar-refractivity contribution in [1.29, 1.82) is 0 Å². The normalized spacial score (nSPS) is 19.9. The molecule has 2 aromatic rings. The number of ether oxygens (including phenoxy) is 1. The second-order valence-corrected chi connectivity index (χ2v) is 10.3. The molecule has 1 fully saturated rings. The zero-order valence-electron chi connectivity index (χ0n) is 19.6. The number of hydrogen-bond donors (Lipinski definition) is 1. The first-order valence-electron chi connectivity index (χ1n) is 11.7. The van der Waals surface area contributed by atoms with Gasteiger partial charge in [-0.05, 0) is 43.7 Å². The van der Waals surface area contributed by atoms with Crippen LogP contribution >= 0.6 is 11.3 Å². The average molecular weight is 484 g/mol. The Kier molecular flexibility index (Phi) is 7.11. The molecule has 0 saturated heterocycles. The number of nitrogens with zero attached hydrogens (tertiary/aromatic N) is 2. The van der Waals surface area contributed by atoms with E-state index in [4.69, 9.17) is 4.74 Å². The maximum absolute atomic E-state index is 13.2. The van der Waals surface area contributed by atoms with E-state index in [0.717, 1.165) is 30.6 Å². The number of rotatable bonds is 7. The quantitative estimate of drug-likeness (QED) is 0.465. The molecule has 2 atom stereocenters. The lowest BCUT2D eigenvalue weighted by atomic mass is 9.78. The van der Waals surface area contributed by atoms with Crippen LogP contribution in [0.5, 0.6) is 0 Å². The second kappa shape index (κ2) is 10.0. The Morgan fingerprint density at radius 2 is 1.79 bits per heavy atom. The molecular formula is C25H29N3O5S. The highest BCUT2D eigenvalue weighted by Gasteiger charge is 2.40. The van der Waals surface area contributed by atoms with Crippen LogP contribution in [0, 0.1) is 24.7 Å². The molecule has 2 unspecified atom stereocenters. The minimum absolute atomic E-state index is 0.132. The van der Waals surface area contributed by atoms with Crippen molar-refractivity contribution >= 4 is 40.2 Å². The van der Waals surface area contributed by atoms with Crippen LogP contribution in [0.25, 0.3) is 0 Å². The summed E-state index contributed by atoms with van der Waals surface area (Å²) in [6.07, 6.45) is 3.28. The minimum Gasteiger partial charge on any atom is -0.461 e. The molecule has 8 nitrogen and oxygen atoms in total. The molecule has 1 aliphatic heterocycles. The van der Waals surface area contributed by atoms with Crippen LogP contribution in [0.1, 0.15) is 75.6 Å². The van der Waals surface area contributed by atoms with Gasteiger partial charge in [-0.15, -0.1) is 0 Å². The number of carbonyl (C=O) groups is 4. The smallest absolute Gasteiger partial charge is 0.350 e. The van der Waals surface area contributed by atoms with Gasteiger partial charge in [0.1, 0.15) is 4.88 Å². The van der Waals surface area contributed by atoms with Crippen LogP contribution in [-0.2, 0) is 9.53 Å². The van der Waals surface area contributed by atoms with Gasteiger partial charge in [-0.1, -0.05) is 50.2 Å². The summed E-state index contributed by atoms with van der Waals surface area (Å²) in [4.78, 5) is 57.1. The molecule has 4 rings (SSSR count). The van der Waals surface area contributed by atoms with Gasteiger partial charge in [0.25, 0.3) is 11.8 Å². The Hall–Kier alpha value is -3.07. The summed E-state index contributed by atoms with van der Waals surface area (Å²) in [5, 5.41) is 3.21. The van der Waals surface area contributed by atoms with Gasteiger partial charge in [0.2, 0.25) is 5.91 Å². The van der Waals surface area contributed by atoms with Crippen LogP contribution in [0.3, 0.4) is 0 Å². The number of fused-ring (bicyclic) bond motifs is 1. The van der Waals surface area contributed by atoms with Crippen molar-refractivity contribution in [3.63, 3.8) is 0 Å². The summed E-state index contributed by atoms with van der Waals surface area (Å²) in [7, 11) is 0. The highest BCUT2D eigenvalue weighted by atomic mass is 32.1. The highest BCUT2D eigenvalue weighted by molar-refractivity contribution is 7.17. The van der Waals surface area contributed by atoms with Gasteiger partial charge in [-0.3, -0.25) is 19.3 Å². The molecule has 1 aliphatic carbocycles. The van der Waals surface area contributed by atoms with Crippen molar-refractivity contribution in [3.05, 3.63) is 46.0 Å². The molecule has 2 aliphatic rings. The maximum Gasteiger partial charge on any atom is 0.350 e. The van der Waals surface area contributed by atoms with E-state index in [2.05, 4.69) is 10.3 Å². The molecule has 9 heteroatoms. The number of hydrogen-bond acceptors (Lipinski definition) is 7. The van der Waals surface area contributed by atoms with E-state index in [1.54, 1.807) is 31.2 Å². The number of nitrogens with one attached hydrogen (secondary N) is 1. The summed E-state index contributed by atoms with van der Waals surface area (Å²) in [6, 6.07) is 6.81. The first-order chi connectivity index (χ1) is 16.3. The average Bonchev–Trinajstić information content (AvgIpc) is 3.30. The third-order valence-electron chi connectivity index (χ3n) is 6.30. The van der Waals surface area contributed by atoms with Crippen LogP contribution in [-0.4, -0.2) is 46.7 Å². The summed E-state index contributed by atoms with van der Waals surface area (Å²) in [5.41, 5.74) is 1.35. The van der Waals surface area contributed by atoms with E-state index >= 15 is 0 Å². The predicted octanol–water partition coefficient (Wildman–Crippen LogP) is 4.31. The molecule has 180 valence electrons. The number of benzene rings is 1. The topological polar surface area (TPSA) is 106 Å². The monoisotopic (exact) mass is 483 g/mol. The SMILES string of the molecule is Cc1nc(NC(=O)C2CCCCC2CN2C(=O)c3ccccc3C2=O)sc1C(=O)OCC(C)C. The zero-order chi connectivity index (χ0) is 24.4. The van der Waals surface area contributed by atoms with Gasteiger partial charge < -0.3 is 10.1 Å². The first kappa shape index (κ1) is 24.1. The van der Waals surface area contributed by atoms with E-state index in [-0.39, 0.29) is 42.0 Å². The number of carbonyl (C=O) groups excluding carboxylic acids is 4. The Morgan fingerprint density at radius 1 is 1.15 bits per heavy atom. The molecule has 1 aromatic carbocycles. The van der Waals surface area contributed by atoms with Crippen molar-refractivity contribution in [2.24, 2.45) is 17.8 Å². The van der Waals surface area contributed by atoms with E-state index in [9.17, 15) is 19.2 Å². The van der Waals surface area contributed by atoms with Crippen molar-refractivity contribution in [2.45, 2.75) is 46.5 Å². The van der Waals surface area contributed by atoms with Crippen LogP contribution in [0.4, 0.5) is 5.13 Å². The molecule has 1 saturated carbocycles. The van der Waals surface area contributed by atoms with Gasteiger partial charge in [0.15, 0.2) is 5.13 Å². The second-order valence-electron chi connectivity index (χ2n) is 9.33. The lowest BCUT2D eigenvalue weighted by Gasteiger charge is -2.32. The number of amides is 3. The van der Waals surface area contributed by atoms with Crippen molar-refractivity contribution < 1.29 is 23.9 Å². The summed E-state index contributed by atoms with van der Waals surface area (Å²) in [5.74, 6) is -1.49. The lowest BCUT2D eigenvalue weighted by Crippen LogP contribution is -2.41. The van der Waals surface area contributed by atoms with Gasteiger partial charge in [-0.2, -0.15) is 0 Å². The van der Waals surface area contributed by atoms with Crippen LogP contribution in [0.2, 0.25) is 0 Å². The van der Waals surface area contributed by atoms with E-state index in [1.165, 1.54) is 4.90 Å². The predicted molar refractivity (Wildman–Crippen MR) is 128 cm³/mol. The molecule has 1 aromatic heterocycles. The fraction of sp³-hybridized carbons (Fsp3) is 0.480. The summed E-state index contributed by atoms with van der Waals surface area (Å²) < 4.78 is 5.29. The van der Waals surface area contributed by atoms with E-state index < -0.39 is 5.97 Å². The van der Waals surface area contributed by atoms with Gasteiger partial charge in [0, 0.05) is 12.5 Å². The number of imide groups is 1. The van der Waals surface area contributed by atoms with Gasteiger partial charge >= 0.3 is 5.97 Å². The standard InChI is InChI=1S/C25H29N3O5S/c1-14(2)13-33-24(32)20-15(3)26-25(34-20)27-21(29)17-9-5-4-8-16(17)12-28-22(30)18-10-6-7-11-19(18)23(28)31/h6-7,10-11,14,16-17H,4-5,8-9,12-13H2,1-3H3,(H,26,27,29). The minimum atomic E-state index is -0.439. The number of thiazole rings is 1. The van der Waals surface area contributed by atoms with Crippen LogP contribution in [0.15, 0.2) is 24.3 Å². The molecule has 0 spiro atoms. The number of esters is 1. The fourth-order valence-electron chi connectivity index (χ4n) is 4.56. The molecule has 3 amide bonds. The van der Waals surface area contributed by atoms with Crippen molar-refractivity contribution in [1.82, 2.24) is 9.88 Å². The number of aryl methyl sites for hydroxylation is 1. The maximum atomic E-state index is 13.2. The molecular weight excluding hydrogens is 454 g/mol. The number of anilines is 1. The molecule has 0 bridgehead atoms. The third-order valence-corrected chi connectivity index (χ3v) is 7.35. The molecule has 34 heavy (non-hydrogen) atoms. The van der Waals surface area contributed by atoms with Gasteiger partial charge in [0.05, 0.1) is 23.4 Å². The zero-order valence-corrected chi connectivity index (χ0v) is 20.4. The fourth-order valence-corrected chi connectivity index (χ4v) is 5.42. The molecule has 0 radical (unpaired) electrons. The largest absolute Gasteiger partial charge is 0.461 e. The first-order valence-corrected chi connectivity index (χ1v) is 12.5. The van der Waals surface area contributed by atoms with Crippen molar-refractivity contribution in [3.8, 4) is 0 Å². The highest BCUT2D eigenvalue weighted by Crippen LogP contribution is 2.34. The molecule has 2 heterocycles. The Balaban J connectivity index is 1.44. The van der Waals surface area contributed by atoms with E-state index in [1.807, 2.05) is 13.8 Å². The third kappa shape index (κ3) is 4.89. The Morgan fingerprint density at radius 3 is 2.44 bits per heavy atom. The van der Waals surface area contributed by atoms with Gasteiger partial charge in [-0.25, -0.2) is 9.78 Å². The Bertz CT molecular complexity index is 1090. The Labute approximate surface area is 202 Å². The molecule has 1 N–H and O–H groups in total.